The maximum atomic E-state index is 5.77. The number of aliphatic imine (C=N–C) groups is 1. The van der Waals surface area contributed by atoms with E-state index in [-0.39, 0.29) is 24.0 Å². The van der Waals surface area contributed by atoms with Crippen molar-refractivity contribution < 1.29 is 4.74 Å². The average Bonchev–Trinajstić information content (AvgIpc) is 3.10. The minimum atomic E-state index is 0. The zero-order valence-corrected chi connectivity index (χ0v) is 18.0. The van der Waals surface area contributed by atoms with Gasteiger partial charge in [-0.15, -0.1) is 34.2 Å². The number of ether oxygens (including phenoxy) is 1. The second-order valence-electron chi connectivity index (χ2n) is 5.95. The third kappa shape index (κ3) is 7.69. The highest BCUT2D eigenvalue weighted by atomic mass is 127. The molecule has 0 spiro atoms. The molecule has 1 aromatic heterocycles. The standard InChI is InChI=1S/C18H28N6O.HI/c1-4-24-14-22-23-17(24)11-21-18(19-3)20-10-15(2)12-25-13-16-8-6-5-7-9-16;/h5-9,14-15H,4,10-13H2,1-3H3,(H2,19,20,21);1H. The fourth-order valence-corrected chi connectivity index (χ4v) is 2.35. The van der Waals surface area contributed by atoms with Crippen molar-refractivity contribution >= 4 is 29.9 Å². The first-order valence-corrected chi connectivity index (χ1v) is 8.65. The van der Waals surface area contributed by atoms with Crippen LogP contribution in [0, 0.1) is 5.92 Å². The molecule has 26 heavy (non-hydrogen) atoms. The molecule has 0 amide bonds. The average molecular weight is 472 g/mol. The predicted octanol–water partition coefficient (Wildman–Crippen LogP) is 2.43. The van der Waals surface area contributed by atoms with Crippen molar-refractivity contribution in [2.45, 2.75) is 33.5 Å². The summed E-state index contributed by atoms with van der Waals surface area (Å²) in [6, 6.07) is 10.2. The van der Waals surface area contributed by atoms with Crippen molar-refractivity contribution in [2.75, 3.05) is 20.2 Å². The Morgan fingerprint density at radius 1 is 1.27 bits per heavy atom. The third-order valence-corrected chi connectivity index (χ3v) is 3.81. The molecule has 0 saturated heterocycles. The first kappa shape index (κ1) is 22.4. The molecule has 1 heterocycles. The molecule has 1 unspecified atom stereocenters. The largest absolute Gasteiger partial charge is 0.376 e. The highest BCUT2D eigenvalue weighted by molar-refractivity contribution is 14.0. The molecule has 2 N–H and O–H groups in total. The molecular weight excluding hydrogens is 443 g/mol. The van der Waals surface area contributed by atoms with Gasteiger partial charge in [0.2, 0.25) is 0 Å². The summed E-state index contributed by atoms with van der Waals surface area (Å²) in [7, 11) is 1.76. The zero-order valence-electron chi connectivity index (χ0n) is 15.7. The van der Waals surface area contributed by atoms with Gasteiger partial charge in [-0.05, 0) is 18.4 Å². The fourth-order valence-electron chi connectivity index (χ4n) is 2.35. The van der Waals surface area contributed by atoms with E-state index in [0.29, 0.717) is 25.7 Å². The summed E-state index contributed by atoms with van der Waals surface area (Å²) in [5.74, 6) is 2.02. The molecule has 144 valence electrons. The van der Waals surface area contributed by atoms with Crippen LogP contribution >= 0.6 is 24.0 Å². The maximum absolute atomic E-state index is 5.77. The monoisotopic (exact) mass is 472 g/mol. The number of hydrogen-bond donors (Lipinski definition) is 2. The van der Waals surface area contributed by atoms with Crippen molar-refractivity contribution in [3.63, 3.8) is 0 Å². The third-order valence-electron chi connectivity index (χ3n) is 3.81. The molecule has 2 aromatic rings. The molecule has 0 radical (unpaired) electrons. The van der Waals surface area contributed by atoms with Gasteiger partial charge in [-0.25, -0.2) is 0 Å². The molecular formula is C18H29IN6O. The van der Waals surface area contributed by atoms with Crippen molar-refractivity contribution in [2.24, 2.45) is 10.9 Å². The number of aromatic nitrogens is 3. The van der Waals surface area contributed by atoms with Crippen LogP contribution in [0.1, 0.15) is 25.2 Å². The van der Waals surface area contributed by atoms with Gasteiger partial charge in [-0.3, -0.25) is 4.99 Å². The molecule has 0 aliphatic heterocycles. The van der Waals surface area contributed by atoms with Crippen LogP contribution in [0.3, 0.4) is 0 Å². The molecule has 0 saturated carbocycles. The van der Waals surface area contributed by atoms with Gasteiger partial charge >= 0.3 is 0 Å². The Bertz CT molecular complexity index is 646. The summed E-state index contributed by atoms with van der Waals surface area (Å²) in [6.45, 7) is 7.79. The second kappa shape index (κ2) is 12.6. The number of benzene rings is 1. The molecule has 1 atom stereocenters. The Morgan fingerprint density at radius 3 is 2.73 bits per heavy atom. The lowest BCUT2D eigenvalue weighted by atomic mass is 10.2. The number of nitrogens with zero attached hydrogens (tertiary/aromatic N) is 4. The Labute approximate surface area is 172 Å². The lowest BCUT2D eigenvalue weighted by Gasteiger charge is -2.16. The van der Waals surface area contributed by atoms with Crippen LogP contribution in [-0.2, 0) is 24.4 Å². The number of rotatable bonds is 9. The fraction of sp³-hybridized carbons (Fsp3) is 0.500. The van der Waals surface area contributed by atoms with Gasteiger partial charge in [0.05, 0.1) is 19.8 Å². The Kier molecular flexibility index (Phi) is 10.9. The number of guanidine groups is 1. The van der Waals surface area contributed by atoms with Crippen LogP contribution < -0.4 is 10.6 Å². The van der Waals surface area contributed by atoms with E-state index in [1.807, 2.05) is 22.8 Å². The number of aryl methyl sites for hydroxylation is 1. The van der Waals surface area contributed by atoms with Gasteiger partial charge in [0.25, 0.3) is 0 Å². The lowest BCUT2D eigenvalue weighted by molar-refractivity contribution is 0.0931. The lowest BCUT2D eigenvalue weighted by Crippen LogP contribution is -2.40. The van der Waals surface area contributed by atoms with Gasteiger partial charge in [0.1, 0.15) is 6.33 Å². The summed E-state index contributed by atoms with van der Waals surface area (Å²) in [5.41, 5.74) is 1.19. The van der Waals surface area contributed by atoms with Gasteiger partial charge in [0.15, 0.2) is 11.8 Å². The van der Waals surface area contributed by atoms with E-state index in [4.69, 9.17) is 4.74 Å². The first-order chi connectivity index (χ1) is 12.2. The van der Waals surface area contributed by atoms with Crippen molar-refractivity contribution in [1.82, 2.24) is 25.4 Å². The molecule has 7 nitrogen and oxygen atoms in total. The van der Waals surface area contributed by atoms with E-state index in [1.165, 1.54) is 5.56 Å². The van der Waals surface area contributed by atoms with Crippen LogP contribution in [0.15, 0.2) is 41.7 Å². The van der Waals surface area contributed by atoms with Gasteiger partial charge in [0, 0.05) is 20.1 Å². The summed E-state index contributed by atoms with van der Waals surface area (Å²) in [4.78, 5) is 4.24. The molecule has 0 aliphatic carbocycles. The van der Waals surface area contributed by atoms with Crippen LogP contribution in [0.5, 0.6) is 0 Å². The highest BCUT2D eigenvalue weighted by Crippen LogP contribution is 2.03. The molecule has 0 bridgehead atoms. The van der Waals surface area contributed by atoms with Crippen LogP contribution in [0.4, 0.5) is 0 Å². The number of nitrogens with one attached hydrogen (secondary N) is 2. The number of halogens is 1. The summed E-state index contributed by atoms with van der Waals surface area (Å²) in [6.07, 6.45) is 1.74. The highest BCUT2D eigenvalue weighted by Gasteiger charge is 2.07. The normalized spacial score (nSPS) is 12.3. The topological polar surface area (TPSA) is 76.4 Å². The van der Waals surface area contributed by atoms with E-state index in [0.717, 1.165) is 24.9 Å². The predicted molar refractivity (Wildman–Crippen MR) is 115 cm³/mol. The molecule has 0 aliphatic rings. The van der Waals surface area contributed by atoms with Gasteiger partial charge in [-0.1, -0.05) is 37.3 Å². The maximum Gasteiger partial charge on any atom is 0.191 e. The second-order valence-corrected chi connectivity index (χ2v) is 5.95. The Hall–Kier alpha value is -1.68. The summed E-state index contributed by atoms with van der Waals surface area (Å²) < 4.78 is 7.78. The van der Waals surface area contributed by atoms with Gasteiger partial charge < -0.3 is 19.9 Å². The van der Waals surface area contributed by atoms with E-state index >= 15 is 0 Å². The molecule has 1 aromatic carbocycles. The zero-order chi connectivity index (χ0) is 17.9. The molecule has 0 fully saturated rings. The first-order valence-electron chi connectivity index (χ1n) is 8.65. The summed E-state index contributed by atoms with van der Waals surface area (Å²) >= 11 is 0. The van der Waals surface area contributed by atoms with Crippen LogP contribution in [0.25, 0.3) is 0 Å². The minimum absolute atomic E-state index is 0. The van der Waals surface area contributed by atoms with E-state index in [9.17, 15) is 0 Å². The molecule has 2 rings (SSSR count). The quantitative estimate of drug-likeness (QED) is 0.333. The van der Waals surface area contributed by atoms with Crippen molar-refractivity contribution in [1.29, 1.82) is 0 Å². The van der Waals surface area contributed by atoms with Crippen LogP contribution in [-0.4, -0.2) is 40.9 Å². The van der Waals surface area contributed by atoms with E-state index in [1.54, 1.807) is 13.4 Å². The Balaban J connectivity index is 0.00000338. The van der Waals surface area contributed by atoms with Crippen molar-refractivity contribution in [3.05, 3.63) is 48.0 Å². The van der Waals surface area contributed by atoms with Gasteiger partial charge in [-0.2, -0.15) is 0 Å². The Morgan fingerprint density at radius 2 is 2.04 bits per heavy atom. The SMILES string of the molecule is CCn1cnnc1CNC(=NC)NCC(C)COCc1ccccc1.I. The summed E-state index contributed by atoms with van der Waals surface area (Å²) in [5, 5.41) is 14.6. The minimum Gasteiger partial charge on any atom is -0.376 e. The smallest absolute Gasteiger partial charge is 0.191 e. The molecule has 8 heteroatoms. The van der Waals surface area contributed by atoms with Crippen LogP contribution in [0.2, 0.25) is 0 Å². The van der Waals surface area contributed by atoms with Crippen molar-refractivity contribution in [3.8, 4) is 0 Å². The number of hydrogen-bond acceptors (Lipinski definition) is 4. The van der Waals surface area contributed by atoms with E-state index < -0.39 is 0 Å². The van der Waals surface area contributed by atoms with E-state index in [2.05, 4.69) is 51.8 Å².